The Morgan fingerprint density at radius 2 is 0.769 bits per heavy atom. The molecule has 0 saturated carbocycles. The smallest absolute Gasteiger partial charge is 0.264 e. The molecule has 0 aromatic heterocycles. The number of benzene rings is 1. The number of hydrogen-bond acceptors (Lipinski definition) is 11. The highest BCUT2D eigenvalue weighted by atomic mass is 32.2. The van der Waals surface area contributed by atoms with Gasteiger partial charge in [0.1, 0.15) is 0 Å². The highest BCUT2D eigenvalue weighted by Crippen LogP contribution is 2.00. The Morgan fingerprint density at radius 3 is 1.10 bits per heavy atom. The van der Waals surface area contributed by atoms with E-state index in [2.05, 4.69) is 0 Å². The third kappa shape index (κ3) is 28.1. The second-order valence-corrected chi connectivity index (χ2v) is 9.65. The van der Waals surface area contributed by atoms with Gasteiger partial charge in [-0.2, -0.15) is 8.42 Å². The molecule has 0 aliphatic carbocycles. The predicted molar refractivity (Wildman–Crippen MR) is 144 cm³/mol. The van der Waals surface area contributed by atoms with Crippen molar-refractivity contribution in [3.63, 3.8) is 0 Å². The molecular weight excluding hydrogens is 536 g/mol. The van der Waals surface area contributed by atoms with Crippen molar-refractivity contribution in [2.75, 3.05) is 118 Å². The molecular formula is C26H46O12S. The van der Waals surface area contributed by atoms with Gasteiger partial charge in [-0.15, -0.1) is 0 Å². The molecule has 0 spiro atoms. The summed E-state index contributed by atoms with van der Waals surface area (Å²) in [6, 6.07) is 10.0. The Bertz CT molecular complexity index is 736. The van der Waals surface area contributed by atoms with Crippen molar-refractivity contribution in [3.8, 4) is 0 Å². The summed E-state index contributed by atoms with van der Waals surface area (Å²) >= 11 is 0. The molecule has 1 aromatic rings. The summed E-state index contributed by atoms with van der Waals surface area (Å²) in [5.74, 6) is -0.300. The summed E-state index contributed by atoms with van der Waals surface area (Å²) < 4.78 is 78.3. The minimum atomic E-state index is -3.92. The predicted octanol–water partition coefficient (Wildman–Crippen LogP) is 1.61. The van der Waals surface area contributed by atoms with Crippen LogP contribution in [0, 0.1) is 0 Å². The van der Waals surface area contributed by atoms with Crippen molar-refractivity contribution in [1.29, 1.82) is 0 Å². The largest absolute Gasteiger partial charge is 0.379 e. The molecule has 1 aromatic carbocycles. The Labute approximate surface area is 232 Å². The lowest BCUT2D eigenvalue weighted by Gasteiger charge is -2.09. The lowest BCUT2D eigenvalue weighted by Crippen LogP contribution is -2.15. The van der Waals surface area contributed by atoms with Gasteiger partial charge < -0.3 is 42.6 Å². The molecule has 12 nitrogen and oxygen atoms in total. The zero-order chi connectivity index (χ0) is 28.1. The molecule has 1 N–H and O–H groups in total. The fourth-order valence-corrected chi connectivity index (χ4v) is 3.35. The number of ether oxygens (including phenoxy) is 9. The van der Waals surface area contributed by atoms with E-state index in [1.807, 2.05) is 30.3 Å². The van der Waals surface area contributed by atoms with Crippen molar-refractivity contribution in [3.05, 3.63) is 35.9 Å². The molecule has 0 saturated heterocycles. The van der Waals surface area contributed by atoms with Crippen molar-refractivity contribution in [2.45, 2.75) is 13.0 Å². The minimum Gasteiger partial charge on any atom is -0.379 e. The monoisotopic (exact) mass is 582 g/mol. The number of rotatable bonds is 30. The van der Waals surface area contributed by atoms with E-state index in [0.29, 0.717) is 112 Å². The highest BCUT2D eigenvalue weighted by molar-refractivity contribution is 7.85. The summed E-state index contributed by atoms with van der Waals surface area (Å²) in [4.78, 5) is 0. The van der Waals surface area contributed by atoms with Gasteiger partial charge in [-0.3, -0.25) is 4.55 Å². The summed E-state index contributed by atoms with van der Waals surface area (Å²) in [5.41, 5.74) is 1.15. The van der Waals surface area contributed by atoms with Crippen molar-refractivity contribution in [2.24, 2.45) is 0 Å². The SMILES string of the molecule is O=S(=O)(O)CCCOCCOCCOCCOCCOCCOCCOCCOCCOCc1ccccc1. The normalized spacial score (nSPS) is 11.8. The molecule has 0 bridgehead atoms. The molecule has 1 rings (SSSR count). The van der Waals surface area contributed by atoms with Gasteiger partial charge in [0, 0.05) is 6.61 Å². The minimum absolute atomic E-state index is 0.251. The zero-order valence-electron chi connectivity index (χ0n) is 22.9. The van der Waals surface area contributed by atoms with E-state index in [-0.39, 0.29) is 18.8 Å². The van der Waals surface area contributed by atoms with Gasteiger partial charge in [-0.25, -0.2) is 0 Å². The Morgan fingerprint density at radius 1 is 0.462 bits per heavy atom. The van der Waals surface area contributed by atoms with Crippen LogP contribution in [0.25, 0.3) is 0 Å². The second-order valence-electron chi connectivity index (χ2n) is 8.08. The van der Waals surface area contributed by atoms with E-state index >= 15 is 0 Å². The van der Waals surface area contributed by atoms with Gasteiger partial charge in [-0.1, -0.05) is 30.3 Å². The fourth-order valence-electron chi connectivity index (χ4n) is 2.87. The van der Waals surface area contributed by atoms with Gasteiger partial charge in [0.25, 0.3) is 10.1 Å². The van der Waals surface area contributed by atoms with E-state index in [4.69, 9.17) is 47.2 Å². The first-order chi connectivity index (χ1) is 19.1. The van der Waals surface area contributed by atoms with Crippen LogP contribution in [0.4, 0.5) is 0 Å². The molecule has 13 heteroatoms. The van der Waals surface area contributed by atoms with E-state index in [9.17, 15) is 8.42 Å². The van der Waals surface area contributed by atoms with Gasteiger partial charge >= 0.3 is 0 Å². The van der Waals surface area contributed by atoms with Gasteiger partial charge in [0.15, 0.2) is 0 Å². The summed E-state index contributed by atoms with van der Waals surface area (Å²) in [6.07, 6.45) is 0.251. The molecule has 0 aliphatic heterocycles. The van der Waals surface area contributed by atoms with Crippen LogP contribution in [0.15, 0.2) is 30.3 Å². The highest BCUT2D eigenvalue weighted by Gasteiger charge is 2.03. The van der Waals surface area contributed by atoms with Crippen LogP contribution in [0.5, 0.6) is 0 Å². The van der Waals surface area contributed by atoms with Crippen LogP contribution < -0.4 is 0 Å². The molecule has 0 radical (unpaired) electrons. The van der Waals surface area contributed by atoms with Gasteiger partial charge in [0.2, 0.25) is 0 Å². The molecule has 0 heterocycles. The topological polar surface area (TPSA) is 137 Å². The molecule has 0 fully saturated rings. The van der Waals surface area contributed by atoms with E-state index in [1.54, 1.807) is 0 Å². The van der Waals surface area contributed by atoms with E-state index in [1.165, 1.54) is 0 Å². The molecule has 0 unspecified atom stereocenters. The Balaban J connectivity index is 1.64. The maximum absolute atomic E-state index is 10.5. The van der Waals surface area contributed by atoms with Crippen molar-refractivity contribution in [1.82, 2.24) is 0 Å². The maximum Gasteiger partial charge on any atom is 0.264 e. The first kappa shape index (κ1) is 35.8. The maximum atomic E-state index is 10.5. The molecule has 0 atom stereocenters. The lowest BCUT2D eigenvalue weighted by atomic mass is 10.2. The third-order valence-corrected chi connectivity index (χ3v) is 5.58. The average Bonchev–Trinajstić information content (AvgIpc) is 2.92. The molecule has 228 valence electrons. The molecule has 0 aliphatic rings. The van der Waals surface area contributed by atoms with Crippen LogP contribution in [0.3, 0.4) is 0 Å². The van der Waals surface area contributed by atoms with Crippen molar-refractivity contribution < 1.29 is 55.6 Å². The zero-order valence-corrected chi connectivity index (χ0v) is 23.7. The van der Waals surface area contributed by atoms with Crippen LogP contribution in [0.2, 0.25) is 0 Å². The lowest BCUT2D eigenvalue weighted by molar-refractivity contribution is -0.0253. The summed E-state index contributed by atoms with van der Waals surface area (Å²) in [5, 5.41) is 0. The van der Waals surface area contributed by atoms with Crippen LogP contribution in [-0.4, -0.2) is 131 Å². The third-order valence-electron chi connectivity index (χ3n) is 4.78. The first-order valence-corrected chi connectivity index (χ1v) is 14.9. The van der Waals surface area contributed by atoms with Gasteiger partial charge in [-0.05, 0) is 12.0 Å². The quantitative estimate of drug-likeness (QED) is 0.104. The van der Waals surface area contributed by atoms with Gasteiger partial charge in [0.05, 0.1) is 118 Å². The Hall–Kier alpha value is -1.23. The standard InChI is InChI=1S/C26H46O12S/c27-39(28,29)24-4-7-30-8-9-31-10-11-32-12-13-33-14-15-34-16-17-35-18-19-36-20-21-37-22-23-38-25-26-5-2-1-3-6-26/h1-3,5-6H,4,7-25H2,(H,27,28,29). The number of hydrogen-bond donors (Lipinski definition) is 1. The summed E-state index contributed by atoms with van der Waals surface area (Å²) in [7, 11) is -3.92. The molecule has 39 heavy (non-hydrogen) atoms. The first-order valence-electron chi connectivity index (χ1n) is 13.3. The Kier molecular flexibility index (Phi) is 24.8. The van der Waals surface area contributed by atoms with Crippen LogP contribution in [-0.2, 0) is 59.4 Å². The summed E-state index contributed by atoms with van der Waals surface area (Å²) in [6.45, 7) is 8.52. The van der Waals surface area contributed by atoms with Crippen LogP contribution in [0.1, 0.15) is 12.0 Å². The fraction of sp³-hybridized carbons (Fsp3) is 0.769. The van der Waals surface area contributed by atoms with Crippen LogP contribution >= 0.6 is 0 Å². The second kappa shape index (κ2) is 27.0. The van der Waals surface area contributed by atoms with E-state index < -0.39 is 10.1 Å². The average molecular weight is 583 g/mol. The molecule has 0 amide bonds. The van der Waals surface area contributed by atoms with Crippen molar-refractivity contribution >= 4 is 10.1 Å². The van der Waals surface area contributed by atoms with E-state index in [0.717, 1.165) is 5.56 Å².